The maximum Gasteiger partial charge on any atom is 0.328 e. The van der Waals surface area contributed by atoms with Crippen LogP contribution in [0.3, 0.4) is 0 Å². The van der Waals surface area contributed by atoms with Crippen molar-refractivity contribution >= 4 is 17.8 Å². The smallest absolute Gasteiger partial charge is 0.328 e. The van der Waals surface area contributed by atoms with Crippen molar-refractivity contribution in [2.45, 2.75) is 25.8 Å². The van der Waals surface area contributed by atoms with Crippen LogP contribution in [0.2, 0.25) is 0 Å². The van der Waals surface area contributed by atoms with E-state index in [2.05, 4.69) is 5.32 Å². The Bertz CT molecular complexity index is 267. The Morgan fingerprint density at radius 3 is 2.44 bits per heavy atom. The van der Waals surface area contributed by atoms with Crippen molar-refractivity contribution in [1.82, 2.24) is 5.32 Å². The molecule has 0 saturated heterocycles. The van der Waals surface area contributed by atoms with Gasteiger partial charge in [-0.05, 0) is 13.3 Å². The van der Waals surface area contributed by atoms with Gasteiger partial charge in [-0.25, -0.2) is 4.79 Å². The predicted molar refractivity (Wildman–Crippen MR) is 56.0 cm³/mol. The van der Waals surface area contributed by atoms with E-state index in [-0.39, 0.29) is 26.0 Å². The highest BCUT2D eigenvalue weighted by atomic mass is 16.5. The summed E-state index contributed by atoms with van der Waals surface area (Å²) < 4.78 is 4.74. The maximum absolute atomic E-state index is 11.4. The first-order valence-corrected chi connectivity index (χ1v) is 4.95. The second kappa shape index (κ2) is 7.63. The molecule has 0 aromatic heterocycles. The molecule has 0 saturated carbocycles. The molecular weight excluding hydrogens is 214 g/mol. The van der Waals surface area contributed by atoms with E-state index < -0.39 is 23.8 Å². The van der Waals surface area contributed by atoms with Crippen molar-refractivity contribution in [2.75, 3.05) is 13.2 Å². The van der Waals surface area contributed by atoms with E-state index >= 15 is 0 Å². The molecule has 0 aromatic carbocycles. The van der Waals surface area contributed by atoms with E-state index in [1.54, 1.807) is 6.92 Å². The van der Waals surface area contributed by atoms with E-state index in [9.17, 15) is 14.4 Å². The zero-order chi connectivity index (χ0) is 12.6. The van der Waals surface area contributed by atoms with Gasteiger partial charge in [0.2, 0.25) is 11.8 Å². The Labute approximate surface area is 93.5 Å². The van der Waals surface area contributed by atoms with Crippen molar-refractivity contribution in [1.29, 1.82) is 0 Å². The highest BCUT2D eigenvalue weighted by Crippen LogP contribution is 2.00. The molecule has 0 bridgehead atoms. The molecule has 0 heterocycles. The third-order valence-corrected chi connectivity index (χ3v) is 1.77. The third-order valence-electron chi connectivity index (χ3n) is 1.77. The SMILES string of the molecule is CCOC(=O)C(CCC(N)=O)NC(=O)CN. The van der Waals surface area contributed by atoms with E-state index in [1.165, 1.54) is 0 Å². The van der Waals surface area contributed by atoms with Crippen LogP contribution in [-0.4, -0.2) is 37.0 Å². The minimum atomic E-state index is -0.872. The zero-order valence-electron chi connectivity index (χ0n) is 9.19. The molecule has 0 spiro atoms. The molecule has 7 nitrogen and oxygen atoms in total. The largest absolute Gasteiger partial charge is 0.464 e. The van der Waals surface area contributed by atoms with Crippen molar-refractivity contribution in [3.63, 3.8) is 0 Å². The van der Waals surface area contributed by atoms with Gasteiger partial charge in [0.1, 0.15) is 6.04 Å². The van der Waals surface area contributed by atoms with Gasteiger partial charge in [-0.3, -0.25) is 9.59 Å². The Morgan fingerprint density at radius 2 is 2.00 bits per heavy atom. The summed E-state index contributed by atoms with van der Waals surface area (Å²) >= 11 is 0. The molecule has 92 valence electrons. The topological polar surface area (TPSA) is 125 Å². The number of esters is 1. The number of amides is 2. The second-order valence-electron chi connectivity index (χ2n) is 3.08. The van der Waals surface area contributed by atoms with E-state index in [1.807, 2.05) is 0 Å². The fourth-order valence-electron chi connectivity index (χ4n) is 1.03. The monoisotopic (exact) mass is 231 g/mol. The van der Waals surface area contributed by atoms with Crippen LogP contribution in [0.5, 0.6) is 0 Å². The number of hydrogen-bond acceptors (Lipinski definition) is 5. The molecule has 0 aliphatic rings. The third kappa shape index (κ3) is 5.97. The predicted octanol–water partition coefficient (Wildman–Crippen LogP) is -1.74. The number of nitrogens with one attached hydrogen (secondary N) is 1. The van der Waals surface area contributed by atoms with Crippen LogP contribution >= 0.6 is 0 Å². The lowest BCUT2D eigenvalue weighted by molar-refractivity contribution is -0.147. The molecule has 7 heteroatoms. The number of primary amides is 1. The number of hydrogen-bond donors (Lipinski definition) is 3. The van der Waals surface area contributed by atoms with Crippen LogP contribution in [0.15, 0.2) is 0 Å². The molecule has 0 aliphatic heterocycles. The van der Waals surface area contributed by atoms with Crippen LogP contribution in [0.4, 0.5) is 0 Å². The Morgan fingerprint density at radius 1 is 1.38 bits per heavy atom. The van der Waals surface area contributed by atoms with Crippen molar-refractivity contribution in [2.24, 2.45) is 11.5 Å². The summed E-state index contributed by atoms with van der Waals surface area (Å²) in [7, 11) is 0. The lowest BCUT2D eigenvalue weighted by Crippen LogP contribution is -2.44. The molecule has 16 heavy (non-hydrogen) atoms. The highest BCUT2D eigenvalue weighted by Gasteiger charge is 2.21. The van der Waals surface area contributed by atoms with Gasteiger partial charge < -0.3 is 21.5 Å². The maximum atomic E-state index is 11.4. The van der Waals surface area contributed by atoms with Crippen molar-refractivity contribution < 1.29 is 19.1 Å². The molecular formula is C9H17N3O4. The van der Waals surface area contributed by atoms with Gasteiger partial charge in [0, 0.05) is 6.42 Å². The molecule has 1 atom stereocenters. The molecule has 0 fully saturated rings. The van der Waals surface area contributed by atoms with E-state index in [4.69, 9.17) is 16.2 Å². The fraction of sp³-hybridized carbons (Fsp3) is 0.667. The summed E-state index contributed by atoms with van der Waals surface area (Å²) in [5.74, 6) is -1.62. The lowest BCUT2D eigenvalue weighted by atomic mass is 10.1. The Balaban J connectivity index is 4.31. The summed E-state index contributed by atoms with van der Waals surface area (Å²) in [6.07, 6.45) is 0.105. The van der Waals surface area contributed by atoms with Crippen LogP contribution in [0.25, 0.3) is 0 Å². The quantitative estimate of drug-likeness (QED) is 0.448. The second-order valence-corrected chi connectivity index (χ2v) is 3.08. The normalized spacial score (nSPS) is 11.6. The minimum Gasteiger partial charge on any atom is -0.464 e. The summed E-state index contributed by atoms with van der Waals surface area (Å²) in [4.78, 5) is 33.0. The summed E-state index contributed by atoms with van der Waals surface area (Å²) in [6, 6.07) is -0.872. The number of carbonyl (C=O) groups is 3. The van der Waals surface area contributed by atoms with Gasteiger partial charge in [-0.1, -0.05) is 0 Å². The van der Waals surface area contributed by atoms with Gasteiger partial charge in [0.25, 0.3) is 0 Å². The summed E-state index contributed by atoms with van der Waals surface area (Å²) in [5.41, 5.74) is 10.0. The number of rotatable bonds is 7. The van der Waals surface area contributed by atoms with Crippen LogP contribution in [0.1, 0.15) is 19.8 Å². The fourth-order valence-corrected chi connectivity index (χ4v) is 1.03. The van der Waals surface area contributed by atoms with Gasteiger partial charge >= 0.3 is 5.97 Å². The van der Waals surface area contributed by atoms with Gasteiger partial charge in [-0.15, -0.1) is 0 Å². The van der Waals surface area contributed by atoms with Crippen LogP contribution < -0.4 is 16.8 Å². The molecule has 5 N–H and O–H groups in total. The standard InChI is InChI=1S/C9H17N3O4/c1-2-16-9(15)6(3-4-7(11)13)12-8(14)5-10/h6H,2-5,10H2,1H3,(H2,11,13)(H,12,14). The van der Waals surface area contributed by atoms with Crippen molar-refractivity contribution in [3.05, 3.63) is 0 Å². The number of ether oxygens (including phenoxy) is 1. The van der Waals surface area contributed by atoms with E-state index in [0.29, 0.717) is 0 Å². The lowest BCUT2D eigenvalue weighted by Gasteiger charge is -2.15. The molecule has 1 unspecified atom stereocenters. The molecule has 2 amide bonds. The van der Waals surface area contributed by atoms with Crippen LogP contribution in [-0.2, 0) is 19.1 Å². The van der Waals surface area contributed by atoms with Crippen LogP contribution in [0, 0.1) is 0 Å². The molecule has 0 rings (SSSR count). The summed E-state index contributed by atoms with van der Waals surface area (Å²) in [6.45, 7) is 1.62. The van der Waals surface area contributed by atoms with Gasteiger partial charge in [0.05, 0.1) is 13.2 Å². The van der Waals surface area contributed by atoms with Gasteiger partial charge in [-0.2, -0.15) is 0 Å². The molecule has 0 aliphatic carbocycles. The Hall–Kier alpha value is -1.63. The Kier molecular flexibility index (Phi) is 6.86. The summed E-state index contributed by atoms with van der Waals surface area (Å²) in [5, 5.41) is 2.36. The van der Waals surface area contributed by atoms with Crippen molar-refractivity contribution in [3.8, 4) is 0 Å². The number of carbonyl (C=O) groups excluding carboxylic acids is 3. The molecule has 0 radical (unpaired) electrons. The first kappa shape index (κ1) is 14.4. The number of nitrogens with two attached hydrogens (primary N) is 2. The minimum absolute atomic E-state index is 0.00562. The average Bonchev–Trinajstić information content (AvgIpc) is 2.23. The zero-order valence-corrected chi connectivity index (χ0v) is 9.19. The average molecular weight is 231 g/mol. The first-order chi connectivity index (χ1) is 7.51. The van der Waals surface area contributed by atoms with E-state index in [0.717, 1.165) is 0 Å². The highest BCUT2D eigenvalue weighted by molar-refractivity contribution is 5.86. The van der Waals surface area contributed by atoms with Gasteiger partial charge in [0.15, 0.2) is 0 Å². The molecule has 0 aromatic rings. The first-order valence-electron chi connectivity index (χ1n) is 4.95.